The van der Waals surface area contributed by atoms with Crippen LogP contribution in [0.25, 0.3) is 0 Å². The molecule has 0 atom stereocenters. The van der Waals surface area contributed by atoms with Gasteiger partial charge in [-0.05, 0) is 13.1 Å². The molecule has 0 amide bonds. The second kappa shape index (κ2) is 3.63. The Hall–Kier alpha value is -0.475. The fourth-order valence-corrected chi connectivity index (χ4v) is 0.966. The van der Waals surface area contributed by atoms with E-state index in [1.54, 1.807) is 0 Å². The van der Waals surface area contributed by atoms with Crippen molar-refractivity contribution in [1.29, 1.82) is 0 Å². The molecule has 0 aromatic heterocycles. The Kier molecular flexibility index (Phi) is 2.77. The third-order valence-electron chi connectivity index (χ3n) is 1.62. The number of hydrogen-bond donors (Lipinski definition) is 1. The number of rotatable bonds is 2. The first-order valence-corrected chi connectivity index (χ1v) is 3.44. The molecule has 1 heterocycles. The normalized spacial score (nSPS) is 20.0. The molecule has 0 aromatic rings. The van der Waals surface area contributed by atoms with Crippen molar-refractivity contribution in [1.82, 2.24) is 4.90 Å². The van der Waals surface area contributed by atoms with Gasteiger partial charge in [-0.2, -0.15) is 0 Å². The zero-order chi connectivity index (χ0) is 7.40. The molecule has 1 N–H and O–H groups in total. The fourth-order valence-electron chi connectivity index (χ4n) is 0.966. The van der Waals surface area contributed by atoms with Gasteiger partial charge in [0.05, 0.1) is 5.76 Å². The zero-order valence-electron chi connectivity index (χ0n) is 6.21. The summed E-state index contributed by atoms with van der Waals surface area (Å²) in [6, 6.07) is 0. The summed E-state index contributed by atoms with van der Waals surface area (Å²) in [6.07, 6.45) is 2.91. The van der Waals surface area contributed by atoms with Crippen LogP contribution in [0, 0.1) is 0 Å². The minimum absolute atomic E-state index is 0.199. The summed E-state index contributed by atoms with van der Waals surface area (Å²) >= 11 is 0. The summed E-state index contributed by atoms with van der Waals surface area (Å²) in [7, 11) is 1.86. The Morgan fingerprint density at radius 2 is 2.60 bits per heavy atom. The summed E-state index contributed by atoms with van der Waals surface area (Å²) in [5, 5.41) is 8.41. The molecule has 0 bridgehead atoms. The van der Waals surface area contributed by atoms with Crippen LogP contribution < -0.4 is 0 Å². The van der Waals surface area contributed by atoms with Crippen LogP contribution in [0.2, 0.25) is 0 Å². The van der Waals surface area contributed by atoms with Gasteiger partial charge in [0.15, 0.2) is 0 Å². The van der Waals surface area contributed by atoms with E-state index >= 15 is 0 Å². The summed E-state index contributed by atoms with van der Waals surface area (Å²) in [5.41, 5.74) is 0. The number of nitrogens with zero attached hydrogens (tertiary/aromatic N) is 1. The predicted octanol–water partition coefficient (Wildman–Crippen LogP) is -0.519. The van der Waals surface area contributed by atoms with E-state index in [2.05, 4.69) is 11.9 Å². The van der Waals surface area contributed by atoms with E-state index in [9.17, 15) is 0 Å². The van der Waals surface area contributed by atoms with Gasteiger partial charge in [-0.15, -0.1) is 0 Å². The van der Waals surface area contributed by atoms with Crippen LogP contribution in [0.3, 0.4) is 0 Å². The highest BCUT2D eigenvalue weighted by molar-refractivity contribution is 6.16. The molecular formula is C6H12BNO2. The van der Waals surface area contributed by atoms with Gasteiger partial charge in [0.2, 0.25) is 0 Å². The highest BCUT2D eigenvalue weighted by Crippen LogP contribution is 2.08. The first kappa shape index (κ1) is 7.63. The van der Waals surface area contributed by atoms with Crippen molar-refractivity contribution >= 4 is 7.69 Å². The second-order valence-corrected chi connectivity index (χ2v) is 2.46. The largest absolute Gasteiger partial charge is 0.542 e. The first-order chi connectivity index (χ1) is 4.83. The molecule has 0 fully saturated rings. The lowest BCUT2D eigenvalue weighted by molar-refractivity contribution is 0.289. The molecule has 0 saturated heterocycles. The lowest BCUT2D eigenvalue weighted by Crippen LogP contribution is -2.25. The van der Waals surface area contributed by atoms with E-state index in [0.717, 1.165) is 25.3 Å². The first-order valence-electron chi connectivity index (χ1n) is 3.44. The van der Waals surface area contributed by atoms with Gasteiger partial charge in [-0.1, -0.05) is 0 Å². The quantitative estimate of drug-likeness (QED) is 0.525. The van der Waals surface area contributed by atoms with Crippen molar-refractivity contribution in [3.05, 3.63) is 11.8 Å². The van der Waals surface area contributed by atoms with Crippen LogP contribution in [0.15, 0.2) is 11.8 Å². The van der Waals surface area contributed by atoms with Crippen LogP contribution >= 0.6 is 0 Å². The molecule has 0 spiro atoms. The summed E-state index contributed by atoms with van der Waals surface area (Å²) in [5.74, 6) is 0.917. The van der Waals surface area contributed by atoms with E-state index in [4.69, 9.17) is 9.68 Å². The van der Waals surface area contributed by atoms with Crippen molar-refractivity contribution in [2.75, 3.05) is 20.1 Å². The topological polar surface area (TPSA) is 32.7 Å². The Morgan fingerprint density at radius 3 is 3.10 bits per heavy atom. The molecule has 10 heavy (non-hydrogen) atoms. The van der Waals surface area contributed by atoms with Crippen LogP contribution in [0.4, 0.5) is 0 Å². The van der Waals surface area contributed by atoms with Gasteiger partial charge in [0, 0.05) is 19.5 Å². The second-order valence-electron chi connectivity index (χ2n) is 2.46. The van der Waals surface area contributed by atoms with Crippen LogP contribution in [0.5, 0.6) is 0 Å². The maximum Gasteiger partial charge on any atom is 0.503 e. The van der Waals surface area contributed by atoms with Crippen LogP contribution in [-0.2, 0) is 4.65 Å². The number of likely N-dealkylation sites (N-methyl/N-ethyl adjacent to an activating group) is 1. The molecule has 1 rings (SSSR count). The average Bonchev–Trinajstić information content (AvgIpc) is 1.95. The Bertz CT molecular complexity index is 138. The lowest BCUT2D eigenvalue weighted by atomic mass is 10.2. The molecule has 56 valence electrons. The van der Waals surface area contributed by atoms with Crippen molar-refractivity contribution in [3.8, 4) is 0 Å². The summed E-state index contributed by atoms with van der Waals surface area (Å²) in [4.78, 5) is 2.20. The smallest absolute Gasteiger partial charge is 0.503 e. The van der Waals surface area contributed by atoms with Crippen LogP contribution in [0.1, 0.15) is 6.42 Å². The minimum Gasteiger partial charge on any atom is -0.542 e. The Morgan fingerprint density at radius 1 is 1.80 bits per heavy atom. The zero-order valence-corrected chi connectivity index (χ0v) is 6.21. The van der Waals surface area contributed by atoms with E-state index in [-0.39, 0.29) is 7.69 Å². The van der Waals surface area contributed by atoms with Crippen molar-refractivity contribution < 1.29 is 9.68 Å². The predicted molar refractivity (Wildman–Crippen MR) is 40.6 cm³/mol. The van der Waals surface area contributed by atoms with Gasteiger partial charge in [0.1, 0.15) is 0 Å². The molecule has 1 aliphatic rings. The maximum absolute atomic E-state index is 8.41. The van der Waals surface area contributed by atoms with E-state index in [1.165, 1.54) is 0 Å². The van der Waals surface area contributed by atoms with Crippen molar-refractivity contribution in [2.45, 2.75) is 6.42 Å². The highest BCUT2D eigenvalue weighted by Gasteiger charge is 2.07. The minimum atomic E-state index is -0.199. The third kappa shape index (κ3) is 2.04. The molecule has 0 saturated carbocycles. The Labute approximate surface area is 61.6 Å². The molecule has 0 aliphatic carbocycles. The fraction of sp³-hybridized carbons (Fsp3) is 0.667. The molecule has 0 aromatic carbocycles. The average molecular weight is 141 g/mol. The van der Waals surface area contributed by atoms with Gasteiger partial charge in [-0.25, -0.2) is 0 Å². The van der Waals surface area contributed by atoms with Crippen molar-refractivity contribution in [3.63, 3.8) is 0 Å². The lowest BCUT2D eigenvalue weighted by Gasteiger charge is -2.21. The molecule has 1 aliphatic heterocycles. The standard InChI is InChI=1S/C6H12BNO2/c1-8-4-2-6(3-5-8)10-7-9/h2,7,9H,3-5H2,1H3. The van der Waals surface area contributed by atoms with E-state index < -0.39 is 0 Å². The van der Waals surface area contributed by atoms with Gasteiger partial charge < -0.3 is 14.6 Å². The SMILES string of the molecule is CN1CC=C(OBO)CC1. The molecular weight excluding hydrogens is 129 g/mol. The molecule has 0 unspecified atom stereocenters. The monoisotopic (exact) mass is 141 g/mol. The van der Waals surface area contributed by atoms with Crippen molar-refractivity contribution in [2.24, 2.45) is 0 Å². The Balaban J connectivity index is 2.33. The van der Waals surface area contributed by atoms with E-state index in [1.807, 2.05) is 6.08 Å². The summed E-state index contributed by atoms with van der Waals surface area (Å²) in [6.45, 7) is 1.95. The molecule has 3 nitrogen and oxygen atoms in total. The van der Waals surface area contributed by atoms with Gasteiger partial charge in [-0.3, -0.25) is 0 Å². The highest BCUT2D eigenvalue weighted by atomic mass is 16.5. The molecule has 0 radical (unpaired) electrons. The summed E-state index contributed by atoms with van der Waals surface area (Å²) < 4.78 is 4.92. The van der Waals surface area contributed by atoms with Gasteiger partial charge in [0.25, 0.3) is 0 Å². The number of hydrogen-bond acceptors (Lipinski definition) is 3. The maximum atomic E-state index is 8.41. The molecule has 4 heteroatoms. The van der Waals surface area contributed by atoms with Crippen LogP contribution in [-0.4, -0.2) is 37.7 Å². The third-order valence-corrected chi connectivity index (χ3v) is 1.62. The van der Waals surface area contributed by atoms with E-state index in [0.29, 0.717) is 0 Å². The van der Waals surface area contributed by atoms with Gasteiger partial charge >= 0.3 is 7.69 Å².